The monoisotopic (exact) mass is 606 g/mol. The summed E-state index contributed by atoms with van der Waals surface area (Å²) in [6.07, 6.45) is 7.97. The van der Waals surface area contributed by atoms with Crippen LogP contribution in [0.5, 0.6) is 0 Å². The number of hydrogen-bond acceptors (Lipinski definition) is 7. The van der Waals surface area contributed by atoms with E-state index in [0.29, 0.717) is 53.2 Å². The van der Waals surface area contributed by atoms with Crippen LogP contribution in [0.25, 0.3) is 27.7 Å². The fourth-order valence-electron chi connectivity index (χ4n) is 6.78. The van der Waals surface area contributed by atoms with Gasteiger partial charge in [0.05, 0.1) is 11.2 Å². The molecule has 2 fully saturated rings. The Morgan fingerprint density at radius 1 is 1.02 bits per heavy atom. The minimum Gasteiger partial charge on any atom is -0.475 e. The van der Waals surface area contributed by atoms with Gasteiger partial charge in [0.15, 0.2) is 5.82 Å². The predicted molar refractivity (Wildman–Crippen MR) is 169 cm³/mol. The van der Waals surface area contributed by atoms with Gasteiger partial charge in [0.2, 0.25) is 5.76 Å². The molecule has 0 unspecified atom stereocenters. The molecule has 11 nitrogen and oxygen atoms in total. The van der Waals surface area contributed by atoms with Crippen molar-refractivity contribution in [2.24, 2.45) is 0 Å². The summed E-state index contributed by atoms with van der Waals surface area (Å²) in [4.78, 5) is 45.5. The van der Waals surface area contributed by atoms with Gasteiger partial charge >= 0.3 is 5.97 Å². The quantitative estimate of drug-likeness (QED) is 0.225. The van der Waals surface area contributed by atoms with E-state index in [0.717, 1.165) is 29.7 Å². The van der Waals surface area contributed by atoms with Crippen molar-refractivity contribution >= 4 is 45.3 Å². The maximum atomic E-state index is 13.8. The number of amides is 2. The van der Waals surface area contributed by atoms with E-state index in [1.54, 1.807) is 30.5 Å². The maximum Gasteiger partial charge on any atom is 0.371 e. The fraction of sp³-hybridized carbons (Fsp3) is 0.324. The molecule has 7 rings (SSSR count). The first-order valence-electron chi connectivity index (χ1n) is 15.3. The molecule has 1 atom stereocenters. The zero-order valence-electron chi connectivity index (χ0n) is 25.0. The number of hydrogen-bond donors (Lipinski definition) is 3. The smallest absolute Gasteiger partial charge is 0.371 e. The molecule has 11 heteroatoms. The molecule has 1 aliphatic carbocycles. The van der Waals surface area contributed by atoms with E-state index >= 15 is 0 Å². The molecule has 45 heavy (non-hydrogen) atoms. The summed E-state index contributed by atoms with van der Waals surface area (Å²) in [5.74, 6) is -0.935. The van der Waals surface area contributed by atoms with E-state index < -0.39 is 11.5 Å². The Hall–Kier alpha value is -5.03. The number of rotatable bonds is 7. The molecule has 2 amide bonds. The van der Waals surface area contributed by atoms with E-state index in [1.807, 2.05) is 47.0 Å². The van der Waals surface area contributed by atoms with Crippen LogP contribution < -0.4 is 10.6 Å². The van der Waals surface area contributed by atoms with E-state index in [1.165, 1.54) is 25.3 Å². The number of fused-ring (bicyclic) bond motifs is 2. The average molecular weight is 607 g/mol. The maximum absolute atomic E-state index is 13.8. The lowest BCUT2D eigenvalue weighted by atomic mass is 9.85. The van der Waals surface area contributed by atoms with Gasteiger partial charge in [-0.1, -0.05) is 31.4 Å². The molecule has 0 radical (unpaired) electrons. The second-order valence-corrected chi connectivity index (χ2v) is 12.2. The molecule has 1 saturated heterocycles. The lowest BCUT2D eigenvalue weighted by molar-refractivity contribution is -0.121. The topological polar surface area (TPSA) is 143 Å². The number of aromatic nitrogens is 3. The van der Waals surface area contributed by atoms with Gasteiger partial charge in [0, 0.05) is 47.2 Å². The predicted octanol–water partition coefficient (Wildman–Crippen LogP) is 5.36. The number of nitrogens with one attached hydrogen (secondary N) is 2. The third kappa shape index (κ3) is 5.44. The number of benzene rings is 2. The van der Waals surface area contributed by atoms with Crippen LogP contribution in [0.2, 0.25) is 0 Å². The zero-order valence-corrected chi connectivity index (χ0v) is 25.0. The van der Waals surface area contributed by atoms with Crippen LogP contribution in [-0.2, 0) is 4.79 Å². The van der Waals surface area contributed by atoms with Crippen LogP contribution in [0.15, 0.2) is 71.3 Å². The number of carbonyl (C=O) groups is 3. The Kier molecular flexibility index (Phi) is 7.33. The minimum absolute atomic E-state index is 0.178. The van der Waals surface area contributed by atoms with Gasteiger partial charge < -0.3 is 25.1 Å². The molecule has 5 aromatic rings. The summed E-state index contributed by atoms with van der Waals surface area (Å²) in [6.45, 7) is 0.971. The molecule has 230 valence electrons. The van der Waals surface area contributed by atoms with Gasteiger partial charge in [0.25, 0.3) is 11.8 Å². The van der Waals surface area contributed by atoms with E-state index in [-0.39, 0.29) is 17.6 Å². The Labute approximate surface area is 259 Å². The third-order valence-corrected chi connectivity index (χ3v) is 9.06. The van der Waals surface area contributed by atoms with Crippen molar-refractivity contribution < 1.29 is 23.9 Å². The number of pyridine rings is 1. The molecule has 2 aliphatic rings. The summed E-state index contributed by atoms with van der Waals surface area (Å²) in [6, 6.07) is 17.7. The Morgan fingerprint density at radius 2 is 1.87 bits per heavy atom. The minimum atomic E-state index is -1.17. The van der Waals surface area contributed by atoms with Crippen molar-refractivity contribution in [3.63, 3.8) is 0 Å². The molecule has 3 aromatic heterocycles. The van der Waals surface area contributed by atoms with Gasteiger partial charge in [-0.3, -0.25) is 9.59 Å². The van der Waals surface area contributed by atoms with Crippen LogP contribution in [0.3, 0.4) is 0 Å². The van der Waals surface area contributed by atoms with Crippen LogP contribution in [-0.4, -0.2) is 68.2 Å². The van der Waals surface area contributed by atoms with Gasteiger partial charge in [-0.2, -0.15) is 5.10 Å². The molecule has 3 N–H and O–H groups in total. The average Bonchev–Trinajstić information content (AvgIpc) is 3.76. The zero-order chi connectivity index (χ0) is 31.1. The van der Waals surface area contributed by atoms with Crippen molar-refractivity contribution in [1.29, 1.82) is 0 Å². The van der Waals surface area contributed by atoms with Crippen LogP contribution in [0.4, 0.5) is 5.69 Å². The lowest BCUT2D eigenvalue weighted by Gasteiger charge is -2.29. The SMILES string of the molecule is CN1CC[C@@](NC(=O)c2ccc3c(C4CCCCC4)n(-c4ccccn4)nc3c2)(C(=O)Nc2ccc3oc(C(=O)O)cc3c2)C1. The summed E-state index contributed by atoms with van der Waals surface area (Å²) in [7, 11) is 1.91. The number of carboxylic acids is 1. The Balaban J connectivity index is 1.17. The largest absolute Gasteiger partial charge is 0.475 e. The van der Waals surface area contributed by atoms with E-state index in [2.05, 4.69) is 15.6 Å². The molecule has 0 spiro atoms. The van der Waals surface area contributed by atoms with Gasteiger partial charge in [-0.05, 0) is 74.8 Å². The normalized spacial score (nSPS) is 19.2. The Morgan fingerprint density at radius 3 is 2.60 bits per heavy atom. The number of likely N-dealkylation sites (N-methyl/N-ethyl adjacent to an activating group) is 1. The number of nitrogens with zero attached hydrogens (tertiary/aromatic N) is 4. The lowest BCUT2D eigenvalue weighted by Crippen LogP contribution is -2.58. The summed E-state index contributed by atoms with van der Waals surface area (Å²) in [5, 5.41) is 21.7. The second-order valence-electron chi connectivity index (χ2n) is 12.2. The fourth-order valence-corrected chi connectivity index (χ4v) is 6.78. The molecular formula is C34H34N6O5. The number of anilines is 1. The van der Waals surface area contributed by atoms with Crippen LogP contribution >= 0.6 is 0 Å². The van der Waals surface area contributed by atoms with E-state index in [9.17, 15) is 19.5 Å². The van der Waals surface area contributed by atoms with Crippen molar-refractivity contribution in [2.45, 2.75) is 50.0 Å². The second kappa shape index (κ2) is 11.5. The van der Waals surface area contributed by atoms with Gasteiger partial charge in [-0.15, -0.1) is 0 Å². The summed E-state index contributed by atoms with van der Waals surface area (Å²) >= 11 is 0. The van der Waals surface area contributed by atoms with Crippen molar-refractivity contribution in [3.05, 3.63) is 83.9 Å². The highest BCUT2D eigenvalue weighted by atomic mass is 16.4. The van der Waals surface area contributed by atoms with Crippen molar-refractivity contribution in [3.8, 4) is 5.82 Å². The van der Waals surface area contributed by atoms with Gasteiger partial charge in [-0.25, -0.2) is 14.5 Å². The van der Waals surface area contributed by atoms with Crippen LogP contribution in [0.1, 0.15) is 71.0 Å². The van der Waals surface area contributed by atoms with Crippen LogP contribution in [0, 0.1) is 0 Å². The van der Waals surface area contributed by atoms with Gasteiger partial charge in [0.1, 0.15) is 11.1 Å². The first-order chi connectivity index (χ1) is 21.8. The highest BCUT2D eigenvalue weighted by molar-refractivity contribution is 6.06. The standard InChI is InChI=1S/C34H34N6O5/c1-39-16-14-34(20-39,33(44)36-24-11-13-27-23(17-24)19-28(45-27)32(42)43)37-31(41)22-10-12-25-26(18-22)38-40(29-9-5-6-15-35-29)30(25)21-7-3-2-4-8-21/h5-6,9-13,15,17-19,21H,2-4,7-8,14,16,20H2,1H3,(H,36,44)(H,37,41)(H,42,43)/t34-/m0/s1. The first kappa shape index (κ1) is 28.7. The number of likely N-dealkylation sites (tertiary alicyclic amines) is 1. The molecule has 0 bridgehead atoms. The number of aromatic carboxylic acids is 1. The number of furan rings is 1. The third-order valence-electron chi connectivity index (χ3n) is 9.06. The number of carbonyl (C=O) groups excluding carboxylic acids is 2. The highest BCUT2D eigenvalue weighted by Gasteiger charge is 2.45. The molecule has 4 heterocycles. The van der Waals surface area contributed by atoms with Crippen molar-refractivity contribution in [1.82, 2.24) is 25.0 Å². The summed E-state index contributed by atoms with van der Waals surface area (Å²) in [5.41, 5.74) is 1.98. The Bertz CT molecular complexity index is 1930. The molecule has 1 saturated carbocycles. The molecular weight excluding hydrogens is 572 g/mol. The van der Waals surface area contributed by atoms with E-state index in [4.69, 9.17) is 9.52 Å². The summed E-state index contributed by atoms with van der Waals surface area (Å²) < 4.78 is 7.27. The highest BCUT2D eigenvalue weighted by Crippen LogP contribution is 2.38. The van der Waals surface area contributed by atoms with Crippen molar-refractivity contribution in [2.75, 3.05) is 25.5 Å². The molecule has 2 aromatic carbocycles. The molecule has 1 aliphatic heterocycles. The first-order valence-corrected chi connectivity index (χ1v) is 15.3. The number of carboxylic acid groups (broad SMARTS) is 1.